The molecular formula is C21H20N4O2S. The van der Waals surface area contributed by atoms with Gasteiger partial charge >= 0.3 is 0 Å². The van der Waals surface area contributed by atoms with E-state index >= 15 is 0 Å². The highest BCUT2D eigenvalue weighted by molar-refractivity contribution is 7.23. The van der Waals surface area contributed by atoms with Crippen LogP contribution in [0.1, 0.15) is 12.5 Å². The van der Waals surface area contributed by atoms with Gasteiger partial charge in [0.05, 0.1) is 35.1 Å². The number of methoxy groups -OCH3 is 1. The van der Waals surface area contributed by atoms with Gasteiger partial charge in [-0.1, -0.05) is 23.5 Å². The van der Waals surface area contributed by atoms with E-state index < -0.39 is 0 Å². The van der Waals surface area contributed by atoms with Gasteiger partial charge in [-0.25, -0.2) is 4.98 Å². The maximum Gasteiger partial charge on any atom is 0.197 e. The number of ether oxygens (including phenoxy) is 2. The van der Waals surface area contributed by atoms with Gasteiger partial charge in [0.15, 0.2) is 4.96 Å². The maximum absolute atomic E-state index is 9.05. The molecule has 6 nitrogen and oxygen atoms in total. The number of nitriles is 1. The standard InChI is InChI=1S/C21H20N4O2S/c1-3-27-16-8-9-17-18(12-16)28-21-24-19(15-6-4-14(13-22)5-7-15)20(25(17)21)23-10-11-26-2/h4-9,12,23H,3,10-11H2,1-2H3. The lowest BCUT2D eigenvalue weighted by Crippen LogP contribution is -2.10. The van der Waals surface area contributed by atoms with Crippen LogP contribution < -0.4 is 10.1 Å². The molecular weight excluding hydrogens is 372 g/mol. The predicted octanol–water partition coefficient (Wildman–Crippen LogP) is 4.54. The Labute approximate surface area is 167 Å². The minimum absolute atomic E-state index is 0.594. The first-order valence-corrected chi connectivity index (χ1v) is 9.88. The fourth-order valence-corrected chi connectivity index (χ4v) is 4.20. The van der Waals surface area contributed by atoms with Crippen molar-refractivity contribution in [1.82, 2.24) is 9.38 Å². The molecule has 0 aliphatic carbocycles. The molecule has 1 N–H and O–H groups in total. The highest BCUT2D eigenvalue weighted by Crippen LogP contribution is 2.37. The van der Waals surface area contributed by atoms with Crippen LogP contribution >= 0.6 is 11.3 Å². The number of anilines is 1. The minimum Gasteiger partial charge on any atom is -0.494 e. The van der Waals surface area contributed by atoms with Gasteiger partial charge in [0.2, 0.25) is 0 Å². The van der Waals surface area contributed by atoms with Crippen LogP contribution in [0.5, 0.6) is 5.75 Å². The zero-order chi connectivity index (χ0) is 19.5. The summed E-state index contributed by atoms with van der Waals surface area (Å²) in [5, 5.41) is 12.5. The van der Waals surface area contributed by atoms with Gasteiger partial charge in [0.25, 0.3) is 0 Å². The number of aromatic nitrogens is 2. The number of nitrogens with one attached hydrogen (secondary N) is 1. The zero-order valence-electron chi connectivity index (χ0n) is 15.7. The van der Waals surface area contributed by atoms with Crippen molar-refractivity contribution >= 4 is 32.3 Å². The molecule has 28 heavy (non-hydrogen) atoms. The number of fused-ring (bicyclic) bond motifs is 3. The van der Waals surface area contributed by atoms with E-state index in [0.29, 0.717) is 25.3 Å². The van der Waals surface area contributed by atoms with Crippen molar-refractivity contribution in [1.29, 1.82) is 5.26 Å². The number of hydrogen-bond donors (Lipinski definition) is 1. The monoisotopic (exact) mass is 392 g/mol. The molecule has 0 radical (unpaired) electrons. The van der Waals surface area contributed by atoms with Gasteiger partial charge in [-0.05, 0) is 37.3 Å². The quantitative estimate of drug-likeness (QED) is 0.467. The molecule has 0 saturated carbocycles. The second kappa shape index (κ2) is 7.89. The fourth-order valence-electron chi connectivity index (χ4n) is 3.15. The summed E-state index contributed by atoms with van der Waals surface area (Å²) in [6.45, 7) is 3.88. The van der Waals surface area contributed by atoms with Crippen LogP contribution in [-0.4, -0.2) is 36.3 Å². The normalized spacial score (nSPS) is 11.0. The summed E-state index contributed by atoms with van der Waals surface area (Å²) >= 11 is 1.63. The second-order valence-electron chi connectivity index (χ2n) is 6.20. The van der Waals surface area contributed by atoms with Gasteiger partial charge in [-0.2, -0.15) is 5.26 Å². The Kier molecular flexibility index (Phi) is 5.15. The lowest BCUT2D eigenvalue weighted by molar-refractivity contribution is 0.210. The molecule has 2 heterocycles. The van der Waals surface area contributed by atoms with Crippen molar-refractivity contribution in [3.63, 3.8) is 0 Å². The minimum atomic E-state index is 0.594. The zero-order valence-corrected chi connectivity index (χ0v) is 16.5. The number of hydrogen-bond acceptors (Lipinski definition) is 6. The predicted molar refractivity (Wildman–Crippen MR) is 112 cm³/mol. The summed E-state index contributed by atoms with van der Waals surface area (Å²) in [6, 6.07) is 15.8. The molecule has 2 aromatic carbocycles. The van der Waals surface area contributed by atoms with Crippen LogP contribution in [-0.2, 0) is 4.74 Å². The largest absolute Gasteiger partial charge is 0.494 e. The fraction of sp³-hybridized carbons (Fsp3) is 0.238. The van der Waals surface area contributed by atoms with Gasteiger partial charge in [0, 0.05) is 19.2 Å². The van der Waals surface area contributed by atoms with Gasteiger partial charge < -0.3 is 14.8 Å². The third kappa shape index (κ3) is 3.28. The van der Waals surface area contributed by atoms with Crippen LogP contribution in [0.2, 0.25) is 0 Å². The van der Waals surface area contributed by atoms with E-state index in [-0.39, 0.29) is 0 Å². The lowest BCUT2D eigenvalue weighted by atomic mass is 10.1. The molecule has 2 aromatic heterocycles. The van der Waals surface area contributed by atoms with E-state index in [2.05, 4.69) is 27.9 Å². The number of thiazole rings is 1. The van der Waals surface area contributed by atoms with Crippen molar-refractivity contribution in [2.75, 3.05) is 32.2 Å². The number of benzene rings is 2. The molecule has 7 heteroatoms. The van der Waals surface area contributed by atoms with E-state index in [1.54, 1.807) is 18.4 Å². The number of nitrogens with zero attached hydrogens (tertiary/aromatic N) is 3. The smallest absolute Gasteiger partial charge is 0.197 e. The van der Waals surface area contributed by atoms with Crippen LogP contribution in [0.4, 0.5) is 5.82 Å². The summed E-state index contributed by atoms with van der Waals surface area (Å²) in [4.78, 5) is 5.79. The molecule has 0 bridgehead atoms. The highest BCUT2D eigenvalue weighted by Gasteiger charge is 2.18. The van der Waals surface area contributed by atoms with Crippen LogP contribution in [0.15, 0.2) is 42.5 Å². The Morgan fingerprint density at radius 1 is 1.21 bits per heavy atom. The number of imidazole rings is 1. The SMILES string of the molecule is CCOc1ccc2c(c1)sc1nc(-c3ccc(C#N)cc3)c(NCCOC)n12. The first kappa shape index (κ1) is 18.3. The summed E-state index contributed by atoms with van der Waals surface area (Å²) < 4.78 is 14.1. The molecule has 0 atom stereocenters. The molecule has 0 saturated heterocycles. The first-order chi connectivity index (χ1) is 13.7. The Morgan fingerprint density at radius 2 is 2.04 bits per heavy atom. The van der Waals surface area contributed by atoms with E-state index in [4.69, 9.17) is 19.7 Å². The van der Waals surface area contributed by atoms with Gasteiger partial charge in [-0.15, -0.1) is 0 Å². The van der Waals surface area contributed by atoms with Crippen LogP contribution in [0.25, 0.3) is 26.4 Å². The van der Waals surface area contributed by atoms with Crippen molar-refractivity contribution in [2.24, 2.45) is 0 Å². The van der Waals surface area contributed by atoms with Gasteiger partial charge in [0.1, 0.15) is 17.3 Å². The summed E-state index contributed by atoms with van der Waals surface area (Å²) in [7, 11) is 1.68. The third-order valence-electron chi connectivity index (χ3n) is 4.42. The molecule has 0 aliphatic rings. The Bertz CT molecular complexity index is 1160. The Hall–Kier alpha value is -3.08. The second-order valence-corrected chi connectivity index (χ2v) is 7.21. The third-order valence-corrected chi connectivity index (χ3v) is 5.42. The first-order valence-electron chi connectivity index (χ1n) is 9.06. The Morgan fingerprint density at radius 3 is 2.75 bits per heavy atom. The molecule has 4 aromatic rings. The molecule has 0 fully saturated rings. The molecule has 0 spiro atoms. The topological polar surface area (TPSA) is 71.6 Å². The van der Waals surface area contributed by atoms with E-state index in [0.717, 1.165) is 38.0 Å². The summed E-state index contributed by atoms with van der Waals surface area (Å²) in [6.07, 6.45) is 0. The van der Waals surface area contributed by atoms with E-state index in [1.165, 1.54) is 0 Å². The maximum atomic E-state index is 9.05. The van der Waals surface area contributed by atoms with Gasteiger partial charge in [-0.3, -0.25) is 4.40 Å². The molecule has 142 valence electrons. The van der Waals surface area contributed by atoms with Crippen molar-refractivity contribution in [3.05, 3.63) is 48.0 Å². The molecule has 0 amide bonds. The highest BCUT2D eigenvalue weighted by atomic mass is 32.1. The van der Waals surface area contributed by atoms with E-state index in [1.807, 2.05) is 37.3 Å². The Balaban J connectivity index is 1.86. The van der Waals surface area contributed by atoms with Crippen LogP contribution in [0.3, 0.4) is 0 Å². The van der Waals surface area contributed by atoms with Crippen LogP contribution in [0, 0.1) is 11.3 Å². The number of rotatable bonds is 7. The molecule has 0 aliphatic heterocycles. The average Bonchev–Trinajstić information content (AvgIpc) is 3.24. The van der Waals surface area contributed by atoms with Crippen molar-refractivity contribution in [2.45, 2.75) is 6.92 Å². The molecule has 4 rings (SSSR count). The van der Waals surface area contributed by atoms with E-state index in [9.17, 15) is 0 Å². The average molecular weight is 392 g/mol. The summed E-state index contributed by atoms with van der Waals surface area (Å²) in [5.41, 5.74) is 3.54. The van der Waals surface area contributed by atoms with Crippen molar-refractivity contribution in [3.8, 4) is 23.1 Å². The summed E-state index contributed by atoms with van der Waals surface area (Å²) in [5.74, 6) is 1.79. The molecule has 0 unspecified atom stereocenters. The van der Waals surface area contributed by atoms with Crippen molar-refractivity contribution < 1.29 is 9.47 Å². The lowest BCUT2D eigenvalue weighted by Gasteiger charge is -2.09.